The topological polar surface area (TPSA) is 146 Å². The normalized spacial score (nSPS) is 15.7. The lowest BCUT2D eigenvalue weighted by atomic mass is 9.90. The monoisotopic (exact) mass is 1510 g/mol. The Morgan fingerprint density at radius 2 is 0.364 bits per heavy atom. The first-order valence-electron chi connectivity index (χ1n) is 43.6. The van der Waals surface area contributed by atoms with Crippen molar-refractivity contribution in [2.24, 2.45) is 20.0 Å². The molecule has 0 aromatic heterocycles. The van der Waals surface area contributed by atoms with Crippen molar-refractivity contribution >= 4 is 23.7 Å². The molecule has 5 aromatic rings. The highest BCUT2D eigenvalue weighted by molar-refractivity contribution is 5.84. The molecule has 0 radical (unpaired) electrons. The third-order valence-electron chi connectivity index (χ3n) is 24.4. The fourth-order valence-corrected chi connectivity index (χ4v) is 16.3. The van der Waals surface area contributed by atoms with Crippen LogP contribution in [0.2, 0.25) is 0 Å². The van der Waals surface area contributed by atoms with Crippen LogP contribution in [0.3, 0.4) is 0 Å². The predicted molar refractivity (Wildman–Crippen MR) is 493 cm³/mol. The van der Waals surface area contributed by atoms with Crippen LogP contribution in [-0.4, -0.2) is 104 Å². The Bertz CT molecular complexity index is 2990. The molecule has 8 N–H and O–H groups in total. The van der Waals surface area contributed by atoms with Crippen molar-refractivity contribution in [2.75, 3.05) is 80.5 Å². The Balaban J connectivity index is 0.000000609. The number of guanidine groups is 3. The van der Waals surface area contributed by atoms with Gasteiger partial charge >= 0.3 is 0 Å². The minimum atomic E-state index is 0.917. The van der Waals surface area contributed by atoms with Gasteiger partial charge in [0.1, 0.15) is 0 Å². The third-order valence-corrected chi connectivity index (χ3v) is 24.4. The van der Waals surface area contributed by atoms with Gasteiger partial charge in [0, 0.05) is 92.7 Å². The number of aliphatic imine (C=N–C) groups is 4. The largest absolute Gasteiger partial charge is 0.389 e. The molecule has 12 nitrogen and oxygen atoms in total. The van der Waals surface area contributed by atoms with Crippen LogP contribution in [0.5, 0.6) is 0 Å². The number of nitrogens with one attached hydrogen (secondary N) is 8. The van der Waals surface area contributed by atoms with Gasteiger partial charge in [0.25, 0.3) is 0 Å². The minimum absolute atomic E-state index is 0.917. The zero-order chi connectivity index (χ0) is 83.5. The van der Waals surface area contributed by atoms with Gasteiger partial charge in [-0.2, -0.15) is 0 Å². The first kappa shape index (κ1) is 101. The van der Waals surface area contributed by atoms with Crippen molar-refractivity contribution in [3.63, 3.8) is 0 Å². The predicted octanol–water partition coefficient (Wildman–Crippen LogP) is 21.3. The molecule has 110 heavy (non-hydrogen) atoms. The second-order valence-corrected chi connectivity index (χ2v) is 29.4. The van der Waals surface area contributed by atoms with E-state index in [0.717, 1.165) is 70.1 Å². The lowest BCUT2D eigenvalue weighted by Gasteiger charge is -2.15. The van der Waals surface area contributed by atoms with E-state index in [0.29, 0.717) is 0 Å². The summed E-state index contributed by atoms with van der Waals surface area (Å²) in [6.45, 7) is 75.9. The molecule has 5 aromatic carbocycles. The van der Waals surface area contributed by atoms with Gasteiger partial charge < -0.3 is 42.5 Å². The van der Waals surface area contributed by atoms with Crippen LogP contribution in [0, 0.1) is 138 Å². The molecule has 5 saturated heterocycles. The average molecular weight is 1510 g/mol. The van der Waals surface area contributed by atoms with Gasteiger partial charge in [-0.15, -0.1) is 0 Å². The van der Waals surface area contributed by atoms with E-state index in [4.69, 9.17) is 0 Å². The highest BCUT2D eigenvalue weighted by Crippen LogP contribution is 2.37. The summed E-state index contributed by atoms with van der Waals surface area (Å²) >= 11 is 0. The van der Waals surface area contributed by atoms with Gasteiger partial charge in [-0.1, -0.05) is 75.3 Å². The van der Waals surface area contributed by atoms with E-state index in [1.165, 1.54) is 189 Å². The van der Waals surface area contributed by atoms with Crippen molar-refractivity contribution in [3.05, 3.63) is 179 Å². The zero-order valence-electron chi connectivity index (χ0n) is 78.0. The molecule has 620 valence electrons. The van der Waals surface area contributed by atoms with Crippen molar-refractivity contribution in [1.82, 2.24) is 42.5 Å². The van der Waals surface area contributed by atoms with E-state index >= 15 is 0 Å². The minimum Gasteiger partial charge on any atom is -0.389 e. The van der Waals surface area contributed by atoms with Crippen LogP contribution in [0.25, 0.3) is 0 Å². The summed E-state index contributed by atoms with van der Waals surface area (Å²) in [7, 11) is 7.12. The molecular formula is C98H168N12. The molecule has 10 aliphatic rings. The van der Waals surface area contributed by atoms with Crippen molar-refractivity contribution in [2.45, 2.75) is 337 Å². The molecule has 0 saturated carbocycles. The van der Waals surface area contributed by atoms with Gasteiger partial charge in [0.2, 0.25) is 0 Å². The molecule has 0 bridgehead atoms. The fraction of sp³-hybridized carbons (Fsp3) is 0.633. The molecule has 12 heteroatoms. The summed E-state index contributed by atoms with van der Waals surface area (Å²) in [4.78, 5) is 15.6. The Morgan fingerprint density at radius 3 is 0.464 bits per heavy atom. The second-order valence-electron chi connectivity index (χ2n) is 29.4. The van der Waals surface area contributed by atoms with E-state index < -0.39 is 0 Å². The lowest BCUT2D eigenvalue weighted by molar-refractivity contribution is 0.903. The maximum atomic E-state index is 3.99. The maximum Gasteiger partial charge on any atom is 0.191 e. The molecule has 5 aliphatic heterocycles. The van der Waals surface area contributed by atoms with Crippen LogP contribution < -0.4 is 42.5 Å². The van der Waals surface area contributed by atoms with Crippen LogP contribution in [0.4, 0.5) is 0 Å². The standard InChI is InChI=1S/5C13H18.C6H11N.C5H10N2.3C4H9N3.5C2H6/c5*1-8-9(2)11(4)13-7-5-6-12(13)10(8)3;1-2-6-4-3-5-7-6;1-6-5-3-2-4-7-5;3*1-5-4-6-2-3-7-4;5*1-2/h5*5-7H2,1-4H3;2,7H,3-5H2,1H3;2-4H2,1H3,(H,6,7);3*2-3H2,1H3,(H2,5,6,7);5*1-2H3/b;;;;;6-2-;;;;;;;;;. The summed E-state index contributed by atoms with van der Waals surface area (Å²) in [6, 6.07) is 0. The fourth-order valence-electron chi connectivity index (χ4n) is 16.3. The number of hydrogen-bond donors (Lipinski definition) is 8. The number of benzene rings is 5. The molecule has 15 rings (SSSR count). The quantitative estimate of drug-likeness (QED) is 0.0765. The lowest BCUT2D eigenvalue weighted by Crippen LogP contribution is -2.23. The van der Waals surface area contributed by atoms with E-state index in [1.54, 1.807) is 132 Å². The molecule has 5 fully saturated rings. The number of allylic oxidation sites excluding steroid dienone is 2. The van der Waals surface area contributed by atoms with Crippen LogP contribution >= 0.6 is 0 Å². The smallest absolute Gasteiger partial charge is 0.191 e. The summed E-state index contributed by atoms with van der Waals surface area (Å²) in [5.41, 5.74) is 48.6. The molecule has 5 aliphatic carbocycles. The van der Waals surface area contributed by atoms with Crippen LogP contribution in [0.1, 0.15) is 301 Å². The van der Waals surface area contributed by atoms with Gasteiger partial charge in [0.05, 0.1) is 5.84 Å². The van der Waals surface area contributed by atoms with Crippen LogP contribution in [-0.2, 0) is 64.2 Å². The molecule has 0 atom stereocenters. The summed E-state index contributed by atoms with van der Waals surface area (Å²) in [6.07, 6.45) is 27.0. The van der Waals surface area contributed by atoms with Gasteiger partial charge in [-0.25, -0.2) is 0 Å². The zero-order valence-corrected chi connectivity index (χ0v) is 78.0. The number of hydrogen-bond acceptors (Lipinski definition) is 5. The first-order valence-corrected chi connectivity index (χ1v) is 43.6. The number of amidine groups is 1. The second kappa shape index (κ2) is 54.6. The Morgan fingerprint density at radius 1 is 0.191 bits per heavy atom. The van der Waals surface area contributed by atoms with E-state index in [-0.39, 0.29) is 0 Å². The molecule has 5 heterocycles. The first-order chi connectivity index (χ1) is 52.8. The van der Waals surface area contributed by atoms with Gasteiger partial charge in [-0.05, 0) is 428 Å². The van der Waals surface area contributed by atoms with Crippen molar-refractivity contribution in [1.29, 1.82) is 0 Å². The van der Waals surface area contributed by atoms with E-state index in [1.807, 2.05) is 76.3 Å². The van der Waals surface area contributed by atoms with Gasteiger partial charge in [0.15, 0.2) is 17.9 Å². The van der Waals surface area contributed by atoms with Crippen LogP contribution in [0.15, 0.2) is 31.7 Å². The Kier molecular flexibility index (Phi) is 50.1. The van der Waals surface area contributed by atoms with Crippen molar-refractivity contribution < 1.29 is 0 Å². The van der Waals surface area contributed by atoms with E-state index in [9.17, 15) is 0 Å². The summed E-state index contributed by atoms with van der Waals surface area (Å²) in [5.74, 6) is 3.92. The molecular weight excluding hydrogens is 1350 g/mol. The number of nitrogens with zero attached hydrogens (tertiary/aromatic N) is 4. The highest BCUT2D eigenvalue weighted by atomic mass is 15.2. The van der Waals surface area contributed by atoms with E-state index in [2.05, 4.69) is 214 Å². The molecule has 0 spiro atoms. The Hall–Kier alpha value is -7.08. The summed E-state index contributed by atoms with van der Waals surface area (Å²) < 4.78 is 0. The van der Waals surface area contributed by atoms with Gasteiger partial charge in [-0.3, -0.25) is 20.0 Å². The molecule has 0 unspecified atom stereocenters. The SMILES string of the molecule is C/C=C1/CCCN1.CC.CC.CC.CC.CC.CN=C1CCCN1.CN=C1NCCN1.CN=C1NCCN1.CN=C1NCCN1.Cc1c(C)c(C)c2c(c1C)CCC2.Cc1c(C)c(C)c2c(c1C)CCC2.Cc1c(C)c(C)c2c(c1C)CCC2.Cc1c(C)c(C)c2c(c1C)CCC2.Cc1c(C)c(C)c2c(c1C)CCC2. The molecule has 0 amide bonds. The van der Waals surface area contributed by atoms with Crippen molar-refractivity contribution in [3.8, 4) is 0 Å². The number of fused-ring (bicyclic) bond motifs is 5. The third kappa shape index (κ3) is 28.5. The maximum absolute atomic E-state index is 3.99. The average Bonchev–Trinajstić information content (AvgIpc) is 1.61. The highest BCUT2D eigenvalue weighted by Gasteiger charge is 2.24. The number of rotatable bonds is 0. The Labute approximate surface area is 678 Å². The summed E-state index contributed by atoms with van der Waals surface area (Å²) in [5, 5.41) is 24.7.